The van der Waals surface area contributed by atoms with E-state index in [9.17, 15) is 0 Å². The molecule has 0 radical (unpaired) electrons. The highest BCUT2D eigenvalue weighted by Gasteiger charge is 2.26. The van der Waals surface area contributed by atoms with E-state index < -0.39 is 0 Å². The lowest BCUT2D eigenvalue weighted by Crippen LogP contribution is -2.42. The minimum atomic E-state index is 0. The number of nitrogens with one attached hydrogen (secondary N) is 1. The molecule has 2 aliphatic rings. The van der Waals surface area contributed by atoms with E-state index in [1.54, 1.807) is 0 Å². The van der Waals surface area contributed by atoms with Gasteiger partial charge in [0.1, 0.15) is 0 Å². The van der Waals surface area contributed by atoms with Crippen LogP contribution >= 0.6 is 24.0 Å². The molecule has 0 spiro atoms. The standard InChI is InChI=1S/C17H34N4O.HI/c1-4-20(5-2)12-16-8-10-21(13-16)17(18-3)19-9-11-22-14-15-6-7-15;/h15-16H,4-14H2,1-3H3,(H,18,19);1H. The maximum Gasteiger partial charge on any atom is 0.193 e. The van der Waals surface area contributed by atoms with Gasteiger partial charge in [-0.2, -0.15) is 0 Å². The van der Waals surface area contributed by atoms with Crippen LogP contribution in [-0.4, -0.2) is 75.3 Å². The number of halogens is 1. The van der Waals surface area contributed by atoms with Crippen LogP contribution in [0.15, 0.2) is 4.99 Å². The molecule has 1 unspecified atom stereocenters. The zero-order valence-electron chi connectivity index (χ0n) is 15.1. The van der Waals surface area contributed by atoms with Crippen molar-refractivity contribution in [2.45, 2.75) is 33.1 Å². The maximum absolute atomic E-state index is 5.68. The molecule has 1 aliphatic carbocycles. The van der Waals surface area contributed by atoms with Crippen LogP contribution in [-0.2, 0) is 4.74 Å². The summed E-state index contributed by atoms with van der Waals surface area (Å²) in [7, 11) is 1.88. The van der Waals surface area contributed by atoms with Crippen molar-refractivity contribution in [3.05, 3.63) is 0 Å². The quantitative estimate of drug-likeness (QED) is 0.260. The molecule has 1 heterocycles. The SMILES string of the molecule is CCN(CC)CC1CCN(C(=NC)NCCOCC2CC2)C1.I. The van der Waals surface area contributed by atoms with Crippen molar-refractivity contribution < 1.29 is 4.74 Å². The Kier molecular flexibility index (Phi) is 10.5. The molecule has 23 heavy (non-hydrogen) atoms. The molecule has 1 saturated carbocycles. The van der Waals surface area contributed by atoms with Gasteiger partial charge >= 0.3 is 0 Å². The fraction of sp³-hybridized carbons (Fsp3) is 0.941. The Labute approximate surface area is 159 Å². The highest BCUT2D eigenvalue weighted by molar-refractivity contribution is 14.0. The lowest BCUT2D eigenvalue weighted by molar-refractivity contribution is 0.128. The van der Waals surface area contributed by atoms with E-state index in [2.05, 4.69) is 34.0 Å². The minimum Gasteiger partial charge on any atom is -0.379 e. The first-order chi connectivity index (χ1) is 10.8. The first kappa shape index (κ1) is 21.0. The summed E-state index contributed by atoms with van der Waals surface area (Å²) in [6, 6.07) is 0. The minimum absolute atomic E-state index is 0. The van der Waals surface area contributed by atoms with Gasteiger partial charge in [0.25, 0.3) is 0 Å². The molecule has 5 nitrogen and oxygen atoms in total. The number of hydrogen-bond acceptors (Lipinski definition) is 3. The van der Waals surface area contributed by atoms with Crippen molar-refractivity contribution >= 4 is 29.9 Å². The lowest BCUT2D eigenvalue weighted by atomic mass is 10.1. The second kappa shape index (κ2) is 11.5. The first-order valence-electron chi connectivity index (χ1n) is 9.02. The van der Waals surface area contributed by atoms with Gasteiger partial charge in [-0.25, -0.2) is 0 Å². The summed E-state index contributed by atoms with van der Waals surface area (Å²) in [5, 5.41) is 3.44. The van der Waals surface area contributed by atoms with E-state index in [0.717, 1.165) is 63.7 Å². The van der Waals surface area contributed by atoms with E-state index in [-0.39, 0.29) is 24.0 Å². The smallest absolute Gasteiger partial charge is 0.193 e. The molecule has 2 rings (SSSR count). The number of guanidine groups is 1. The van der Waals surface area contributed by atoms with Gasteiger partial charge in [0, 0.05) is 39.8 Å². The molecule has 0 aromatic carbocycles. The molecule has 0 bridgehead atoms. The van der Waals surface area contributed by atoms with E-state index in [0.29, 0.717) is 0 Å². The Morgan fingerprint density at radius 3 is 2.57 bits per heavy atom. The fourth-order valence-electron chi connectivity index (χ4n) is 3.12. The topological polar surface area (TPSA) is 40.1 Å². The van der Waals surface area contributed by atoms with Crippen LogP contribution in [0.1, 0.15) is 33.1 Å². The molecule has 0 aromatic rings. The monoisotopic (exact) mass is 438 g/mol. The number of hydrogen-bond donors (Lipinski definition) is 1. The van der Waals surface area contributed by atoms with Gasteiger partial charge in [-0.15, -0.1) is 24.0 Å². The summed E-state index contributed by atoms with van der Waals surface area (Å²) >= 11 is 0. The number of nitrogens with zero attached hydrogens (tertiary/aromatic N) is 3. The number of rotatable bonds is 9. The molecule has 136 valence electrons. The lowest BCUT2D eigenvalue weighted by Gasteiger charge is -2.24. The van der Waals surface area contributed by atoms with Crippen LogP contribution in [0.4, 0.5) is 0 Å². The van der Waals surface area contributed by atoms with Crippen LogP contribution < -0.4 is 5.32 Å². The van der Waals surface area contributed by atoms with Crippen molar-refractivity contribution in [1.29, 1.82) is 0 Å². The Morgan fingerprint density at radius 2 is 1.96 bits per heavy atom. The van der Waals surface area contributed by atoms with Crippen molar-refractivity contribution in [2.75, 3.05) is 59.5 Å². The van der Waals surface area contributed by atoms with Gasteiger partial charge in [-0.1, -0.05) is 13.8 Å². The van der Waals surface area contributed by atoms with Crippen LogP contribution in [0.3, 0.4) is 0 Å². The second-order valence-electron chi connectivity index (χ2n) is 6.58. The molecule has 0 amide bonds. The average molecular weight is 438 g/mol. The average Bonchev–Trinajstić information content (AvgIpc) is 3.25. The second-order valence-corrected chi connectivity index (χ2v) is 6.58. The fourth-order valence-corrected chi connectivity index (χ4v) is 3.12. The highest BCUT2D eigenvalue weighted by atomic mass is 127. The molecule has 1 N–H and O–H groups in total. The summed E-state index contributed by atoms with van der Waals surface area (Å²) in [4.78, 5) is 9.35. The van der Waals surface area contributed by atoms with E-state index >= 15 is 0 Å². The Hall–Kier alpha value is -0.0800. The Balaban J connectivity index is 0.00000264. The Morgan fingerprint density at radius 1 is 1.22 bits per heavy atom. The summed E-state index contributed by atoms with van der Waals surface area (Å²) in [6.07, 6.45) is 3.99. The Bertz CT molecular complexity index is 345. The molecule has 1 atom stereocenters. The highest BCUT2D eigenvalue weighted by Crippen LogP contribution is 2.28. The molecular formula is C17H35IN4O. The van der Waals surface area contributed by atoms with Gasteiger partial charge in [0.2, 0.25) is 0 Å². The molecule has 6 heteroatoms. The summed E-state index contributed by atoms with van der Waals surface area (Å²) < 4.78 is 5.68. The molecule has 0 aromatic heterocycles. The van der Waals surface area contributed by atoms with Gasteiger partial charge in [0.05, 0.1) is 6.61 Å². The van der Waals surface area contributed by atoms with E-state index in [1.165, 1.54) is 25.8 Å². The predicted molar refractivity (Wildman–Crippen MR) is 108 cm³/mol. The van der Waals surface area contributed by atoms with Crippen molar-refractivity contribution in [3.8, 4) is 0 Å². The van der Waals surface area contributed by atoms with Crippen LogP contribution in [0.2, 0.25) is 0 Å². The predicted octanol–water partition coefficient (Wildman–Crippen LogP) is 2.27. The largest absolute Gasteiger partial charge is 0.379 e. The third kappa shape index (κ3) is 7.56. The van der Waals surface area contributed by atoms with Crippen LogP contribution in [0.5, 0.6) is 0 Å². The van der Waals surface area contributed by atoms with Crippen molar-refractivity contribution in [1.82, 2.24) is 15.1 Å². The normalized spacial score (nSPS) is 21.7. The van der Waals surface area contributed by atoms with Gasteiger partial charge in [-0.05, 0) is 44.2 Å². The first-order valence-corrected chi connectivity index (χ1v) is 9.02. The van der Waals surface area contributed by atoms with Gasteiger partial charge < -0.3 is 19.9 Å². The molecule has 1 saturated heterocycles. The van der Waals surface area contributed by atoms with E-state index in [1.807, 2.05) is 7.05 Å². The number of ether oxygens (including phenoxy) is 1. The third-order valence-corrected chi connectivity index (χ3v) is 4.79. The van der Waals surface area contributed by atoms with Crippen molar-refractivity contribution in [2.24, 2.45) is 16.8 Å². The van der Waals surface area contributed by atoms with Crippen LogP contribution in [0.25, 0.3) is 0 Å². The zero-order chi connectivity index (χ0) is 15.8. The maximum atomic E-state index is 5.68. The zero-order valence-corrected chi connectivity index (χ0v) is 17.4. The number of aliphatic imine (C=N–C) groups is 1. The van der Waals surface area contributed by atoms with Gasteiger partial charge in [-0.3, -0.25) is 4.99 Å². The van der Waals surface area contributed by atoms with Gasteiger partial charge in [0.15, 0.2) is 5.96 Å². The summed E-state index contributed by atoms with van der Waals surface area (Å²) in [5.74, 6) is 2.65. The summed E-state index contributed by atoms with van der Waals surface area (Å²) in [6.45, 7) is 12.8. The number of likely N-dealkylation sites (tertiary alicyclic amines) is 1. The molecular weight excluding hydrogens is 403 g/mol. The van der Waals surface area contributed by atoms with Crippen molar-refractivity contribution in [3.63, 3.8) is 0 Å². The summed E-state index contributed by atoms with van der Waals surface area (Å²) in [5.41, 5.74) is 0. The van der Waals surface area contributed by atoms with E-state index in [4.69, 9.17) is 4.74 Å². The van der Waals surface area contributed by atoms with Crippen LogP contribution in [0, 0.1) is 11.8 Å². The molecule has 1 aliphatic heterocycles. The molecule has 2 fully saturated rings. The third-order valence-electron chi connectivity index (χ3n) is 4.79.